The number of benzene rings is 1. The SMILES string of the molecule is Cc1cccc(C(=O)NCc2ccc(OC(C)C)nc2)c1NC(=O)c1ccncc1. The zero-order valence-corrected chi connectivity index (χ0v) is 17.2. The van der Waals surface area contributed by atoms with Crippen LogP contribution >= 0.6 is 0 Å². The number of pyridine rings is 2. The molecule has 0 bridgehead atoms. The number of anilines is 1. The van der Waals surface area contributed by atoms with Crippen molar-refractivity contribution >= 4 is 17.5 Å². The second kappa shape index (κ2) is 9.65. The number of hydrogen-bond donors (Lipinski definition) is 2. The summed E-state index contributed by atoms with van der Waals surface area (Å²) in [6.45, 7) is 6.02. The van der Waals surface area contributed by atoms with E-state index in [1.165, 1.54) is 0 Å². The van der Waals surface area contributed by atoms with Crippen molar-refractivity contribution in [2.75, 3.05) is 5.32 Å². The van der Waals surface area contributed by atoms with Crippen LogP contribution in [0.2, 0.25) is 0 Å². The number of ether oxygens (including phenoxy) is 1. The Balaban J connectivity index is 1.70. The lowest BCUT2D eigenvalue weighted by Crippen LogP contribution is -2.25. The van der Waals surface area contributed by atoms with Crippen molar-refractivity contribution in [3.8, 4) is 5.88 Å². The van der Waals surface area contributed by atoms with E-state index in [2.05, 4.69) is 20.6 Å². The van der Waals surface area contributed by atoms with Crippen LogP contribution in [-0.2, 0) is 6.54 Å². The maximum atomic E-state index is 12.8. The molecule has 0 aliphatic rings. The van der Waals surface area contributed by atoms with Crippen molar-refractivity contribution in [2.45, 2.75) is 33.4 Å². The fourth-order valence-electron chi connectivity index (χ4n) is 2.82. The highest BCUT2D eigenvalue weighted by molar-refractivity contribution is 6.09. The van der Waals surface area contributed by atoms with Gasteiger partial charge in [-0.2, -0.15) is 0 Å². The molecule has 0 unspecified atom stereocenters. The number of carbonyl (C=O) groups is 2. The largest absolute Gasteiger partial charge is 0.475 e. The Kier molecular flexibility index (Phi) is 6.75. The van der Waals surface area contributed by atoms with Gasteiger partial charge >= 0.3 is 0 Å². The molecule has 2 amide bonds. The Morgan fingerprint density at radius 2 is 1.80 bits per heavy atom. The van der Waals surface area contributed by atoms with Gasteiger partial charge in [0.25, 0.3) is 11.8 Å². The van der Waals surface area contributed by atoms with Crippen molar-refractivity contribution in [2.24, 2.45) is 0 Å². The van der Waals surface area contributed by atoms with E-state index >= 15 is 0 Å². The average Bonchev–Trinajstić information content (AvgIpc) is 2.74. The van der Waals surface area contributed by atoms with E-state index in [1.807, 2.05) is 32.9 Å². The van der Waals surface area contributed by atoms with Gasteiger partial charge in [-0.25, -0.2) is 4.98 Å². The van der Waals surface area contributed by atoms with Gasteiger partial charge in [-0.15, -0.1) is 0 Å². The molecular weight excluding hydrogens is 380 g/mol. The summed E-state index contributed by atoms with van der Waals surface area (Å²) in [5.41, 5.74) is 2.98. The third-order valence-electron chi connectivity index (χ3n) is 4.31. The summed E-state index contributed by atoms with van der Waals surface area (Å²) in [7, 11) is 0. The minimum absolute atomic E-state index is 0.0464. The van der Waals surface area contributed by atoms with Crippen LogP contribution in [-0.4, -0.2) is 27.9 Å². The Morgan fingerprint density at radius 3 is 2.47 bits per heavy atom. The number of carbonyl (C=O) groups excluding carboxylic acids is 2. The predicted molar refractivity (Wildman–Crippen MR) is 115 cm³/mol. The van der Waals surface area contributed by atoms with E-state index in [1.54, 1.807) is 48.9 Å². The van der Waals surface area contributed by atoms with E-state index in [9.17, 15) is 9.59 Å². The van der Waals surface area contributed by atoms with Crippen LogP contribution in [0.5, 0.6) is 5.88 Å². The van der Waals surface area contributed by atoms with Gasteiger partial charge in [0.1, 0.15) is 0 Å². The number of aryl methyl sites for hydroxylation is 1. The second-order valence-corrected chi connectivity index (χ2v) is 7.04. The lowest BCUT2D eigenvalue weighted by atomic mass is 10.1. The number of aromatic nitrogens is 2. The Bertz CT molecular complexity index is 1020. The monoisotopic (exact) mass is 404 g/mol. The average molecular weight is 404 g/mol. The van der Waals surface area contributed by atoms with Gasteiger partial charge in [-0.05, 0) is 50.1 Å². The van der Waals surface area contributed by atoms with Gasteiger partial charge in [0.2, 0.25) is 5.88 Å². The molecule has 0 aliphatic heterocycles. The summed E-state index contributed by atoms with van der Waals surface area (Å²) >= 11 is 0. The Morgan fingerprint density at radius 1 is 1.03 bits per heavy atom. The Hall–Kier alpha value is -3.74. The highest BCUT2D eigenvalue weighted by Gasteiger charge is 2.16. The third-order valence-corrected chi connectivity index (χ3v) is 4.31. The molecular formula is C23H24N4O3. The van der Waals surface area contributed by atoms with Gasteiger partial charge in [0.05, 0.1) is 17.4 Å². The molecule has 0 fully saturated rings. The van der Waals surface area contributed by atoms with E-state index in [-0.39, 0.29) is 17.9 Å². The summed E-state index contributed by atoms with van der Waals surface area (Å²) in [6.07, 6.45) is 4.81. The molecule has 3 aromatic rings. The summed E-state index contributed by atoms with van der Waals surface area (Å²) in [5, 5.41) is 5.72. The lowest BCUT2D eigenvalue weighted by Gasteiger charge is -2.14. The molecule has 0 radical (unpaired) electrons. The highest BCUT2D eigenvalue weighted by atomic mass is 16.5. The van der Waals surface area contributed by atoms with Crippen molar-refractivity contribution in [3.05, 3.63) is 83.3 Å². The molecule has 0 saturated heterocycles. The molecule has 2 aromatic heterocycles. The van der Waals surface area contributed by atoms with Crippen molar-refractivity contribution in [1.29, 1.82) is 0 Å². The Labute approximate surface area is 175 Å². The number of rotatable bonds is 7. The van der Waals surface area contributed by atoms with Crippen LogP contribution in [0.25, 0.3) is 0 Å². The smallest absolute Gasteiger partial charge is 0.255 e. The van der Waals surface area contributed by atoms with Gasteiger partial charge in [0, 0.05) is 36.8 Å². The zero-order valence-electron chi connectivity index (χ0n) is 17.2. The molecule has 7 nitrogen and oxygen atoms in total. The van der Waals surface area contributed by atoms with Crippen LogP contribution in [0.4, 0.5) is 5.69 Å². The van der Waals surface area contributed by atoms with Gasteiger partial charge < -0.3 is 15.4 Å². The molecule has 0 atom stereocenters. The summed E-state index contributed by atoms with van der Waals surface area (Å²) < 4.78 is 5.52. The van der Waals surface area contributed by atoms with E-state index in [0.29, 0.717) is 29.2 Å². The number of amides is 2. The first-order valence-electron chi connectivity index (χ1n) is 9.65. The maximum Gasteiger partial charge on any atom is 0.255 e. The topological polar surface area (TPSA) is 93.2 Å². The summed E-state index contributed by atoms with van der Waals surface area (Å²) in [6, 6.07) is 12.2. The first-order chi connectivity index (χ1) is 14.4. The number of nitrogens with zero attached hydrogens (tertiary/aromatic N) is 2. The van der Waals surface area contributed by atoms with Crippen LogP contribution in [0, 0.1) is 6.92 Å². The van der Waals surface area contributed by atoms with Gasteiger partial charge in [-0.3, -0.25) is 14.6 Å². The molecule has 7 heteroatoms. The quantitative estimate of drug-likeness (QED) is 0.625. The molecule has 3 rings (SSSR count). The fourth-order valence-corrected chi connectivity index (χ4v) is 2.82. The molecule has 30 heavy (non-hydrogen) atoms. The van der Waals surface area contributed by atoms with Crippen molar-refractivity contribution in [1.82, 2.24) is 15.3 Å². The van der Waals surface area contributed by atoms with E-state index in [0.717, 1.165) is 11.1 Å². The minimum atomic E-state index is -0.300. The standard InChI is InChI=1S/C23H24N4O3/c1-15(2)30-20-8-7-17(13-25-20)14-26-23(29)19-6-4-5-16(3)21(19)27-22(28)18-9-11-24-12-10-18/h4-13,15H,14H2,1-3H3,(H,26,29)(H,27,28). The molecule has 0 spiro atoms. The normalized spacial score (nSPS) is 10.5. The van der Waals surface area contributed by atoms with Crippen LogP contribution in [0.3, 0.4) is 0 Å². The molecule has 1 aromatic carbocycles. The zero-order chi connectivity index (χ0) is 21.5. The van der Waals surface area contributed by atoms with Gasteiger partial charge in [-0.1, -0.05) is 18.2 Å². The molecule has 154 valence electrons. The third kappa shape index (κ3) is 5.41. The first-order valence-corrected chi connectivity index (χ1v) is 9.65. The molecule has 2 N–H and O–H groups in total. The van der Waals surface area contributed by atoms with Crippen LogP contribution < -0.4 is 15.4 Å². The van der Waals surface area contributed by atoms with Crippen molar-refractivity contribution < 1.29 is 14.3 Å². The number of hydrogen-bond acceptors (Lipinski definition) is 5. The highest BCUT2D eigenvalue weighted by Crippen LogP contribution is 2.22. The lowest BCUT2D eigenvalue weighted by molar-refractivity contribution is 0.0951. The van der Waals surface area contributed by atoms with E-state index < -0.39 is 0 Å². The summed E-state index contributed by atoms with van der Waals surface area (Å²) in [4.78, 5) is 33.5. The fraction of sp³-hybridized carbons (Fsp3) is 0.217. The molecule has 0 saturated carbocycles. The first kappa shape index (κ1) is 21.0. The van der Waals surface area contributed by atoms with Crippen LogP contribution in [0.1, 0.15) is 45.7 Å². The number of nitrogens with one attached hydrogen (secondary N) is 2. The predicted octanol–water partition coefficient (Wildman–Crippen LogP) is 3.75. The van der Waals surface area contributed by atoms with Crippen LogP contribution in [0.15, 0.2) is 61.1 Å². The second-order valence-electron chi connectivity index (χ2n) is 7.04. The van der Waals surface area contributed by atoms with Crippen molar-refractivity contribution in [3.63, 3.8) is 0 Å². The van der Waals surface area contributed by atoms with E-state index in [4.69, 9.17) is 4.74 Å². The number of para-hydroxylation sites is 1. The summed E-state index contributed by atoms with van der Waals surface area (Å²) in [5.74, 6) is -0.0446. The maximum absolute atomic E-state index is 12.8. The molecule has 0 aliphatic carbocycles. The minimum Gasteiger partial charge on any atom is -0.475 e. The van der Waals surface area contributed by atoms with Gasteiger partial charge in [0.15, 0.2) is 0 Å². The molecule has 2 heterocycles.